The number of thioether (sulfide) groups is 1. The highest BCUT2D eigenvalue weighted by Gasteiger charge is 2.15. The molecule has 0 radical (unpaired) electrons. The Labute approximate surface area is 151 Å². The van der Waals surface area contributed by atoms with Gasteiger partial charge < -0.3 is 10.3 Å². The molecule has 0 spiro atoms. The SMILES string of the molecule is Cc1ccc(-c2nnc(SCc3nnc(-c4cccs4)o3)n2N)cc1. The van der Waals surface area contributed by atoms with Gasteiger partial charge in [0.25, 0.3) is 5.89 Å². The van der Waals surface area contributed by atoms with E-state index >= 15 is 0 Å². The lowest BCUT2D eigenvalue weighted by atomic mass is 10.1. The van der Waals surface area contributed by atoms with Crippen LogP contribution in [0, 0.1) is 6.92 Å². The zero-order valence-corrected chi connectivity index (χ0v) is 14.9. The highest BCUT2D eigenvalue weighted by molar-refractivity contribution is 7.98. The molecule has 0 saturated carbocycles. The topological polar surface area (TPSA) is 95.6 Å². The van der Waals surface area contributed by atoms with Crippen molar-refractivity contribution in [2.75, 3.05) is 5.84 Å². The summed E-state index contributed by atoms with van der Waals surface area (Å²) in [5.41, 5.74) is 2.10. The zero-order valence-electron chi connectivity index (χ0n) is 13.3. The Morgan fingerprint density at radius 1 is 1.12 bits per heavy atom. The third-order valence-electron chi connectivity index (χ3n) is 3.50. The van der Waals surface area contributed by atoms with Crippen LogP contribution < -0.4 is 5.84 Å². The monoisotopic (exact) mass is 370 g/mol. The maximum Gasteiger partial charge on any atom is 0.257 e. The standard InChI is InChI=1S/C16H14N6OS2/c1-10-4-6-11(7-5-10)14-19-21-16(22(14)17)25-9-13-18-20-15(23-13)12-3-2-8-24-12/h2-8H,9,17H2,1H3. The molecule has 4 aromatic rings. The molecule has 0 aliphatic rings. The molecule has 0 fully saturated rings. The molecule has 9 heteroatoms. The number of aromatic nitrogens is 5. The lowest BCUT2D eigenvalue weighted by Gasteiger charge is -2.03. The fourth-order valence-corrected chi connectivity index (χ4v) is 3.55. The molecule has 0 saturated heterocycles. The van der Waals surface area contributed by atoms with Crippen LogP contribution >= 0.6 is 23.1 Å². The van der Waals surface area contributed by atoms with Gasteiger partial charge in [0.2, 0.25) is 11.0 Å². The Hall–Kier alpha value is -2.65. The van der Waals surface area contributed by atoms with Gasteiger partial charge in [0.05, 0.1) is 10.6 Å². The summed E-state index contributed by atoms with van der Waals surface area (Å²) in [4.78, 5) is 0.951. The van der Waals surface area contributed by atoms with Crippen LogP contribution in [0.1, 0.15) is 11.5 Å². The molecule has 0 atom stereocenters. The first-order chi connectivity index (χ1) is 12.2. The third-order valence-corrected chi connectivity index (χ3v) is 5.28. The summed E-state index contributed by atoms with van der Waals surface area (Å²) in [5, 5.41) is 19.0. The van der Waals surface area contributed by atoms with Crippen LogP contribution in [-0.2, 0) is 5.75 Å². The molecule has 0 amide bonds. The van der Waals surface area contributed by atoms with Crippen LogP contribution in [-0.4, -0.2) is 25.1 Å². The number of benzene rings is 1. The van der Waals surface area contributed by atoms with Gasteiger partial charge in [0.15, 0.2) is 5.82 Å². The number of hydrogen-bond acceptors (Lipinski definition) is 8. The molecule has 0 bridgehead atoms. The van der Waals surface area contributed by atoms with Gasteiger partial charge in [-0.3, -0.25) is 0 Å². The molecule has 7 nitrogen and oxygen atoms in total. The van der Waals surface area contributed by atoms with Crippen LogP contribution in [0.3, 0.4) is 0 Å². The second-order valence-electron chi connectivity index (χ2n) is 5.31. The minimum absolute atomic E-state index is 0.474. The van der Waals surface area contributed by atoms with E-state index in [1.165, 1.54) is 22.0 Å². The molecule has 0 unspecified atom stereocenters. The van der Waals surface area contributed by atoms with Crippen LogP contribution in [0.5, 0.6) is 0 Å². The number of rotatable bonds is 5. The average molecular weight is 370 g/mol. The minimum atomic E-state index is 0.474. The molecular formula is C16H14N6OS2. The van der Waals surface area contributed by atoms with E-state index in [1.807, 2.05) is 48.7 Å². The summed E-state index contributed by atoms with van der Waals surface area (Å²) in [6.45, 7) is 2.03. The molecule has 3 aromatic heterocycles. The van der Waals surface area contributed by atoms with E-state index in [4.69, 9.17) is 10.3 Å². The van der Waals surface area contributed by atoms with Gasteiger partial charge in [-0.2, -0.15) is 0 Å². The summed E-state index contributed by atoms with van der Waals surface area (Å²) in [5.74, 6) is 8.27. The van der Waals surface area contributed by atoms with E-state index < -0.39 is 0 Å². The highest BCUT2D eigenvalue weighted by Crippen LogP contribution is 2.27. The minimum Gasteiger partial charge on any atom is -0.419 e. The van der Waals surface area contributed by atoms with Gasteiger partial charge in [-0.25, -0.2) is 4.68 Å². The average Bonchev–Trinajstić information content (AvgIpc) is 3.35. The van der Waals surface area contributed by atoms with Gasteiger partial charge >= 0.3 is 0 Å². The van der Waals surface area contributed by atoms with Crippen molar-refractivity contribution in [3.63, 3.8) is 0 Å². The second kappa shape index (κ2) is 6.69. The fraction of sp³-hybridized carbons (Fsp3) is 0.125. The molecule has 3 heterocycles. The van der Waals surface area contributed by atoms with Crippen LogP contribution in [0.4, 0.5) is 0 Å². The van der Waals surface area contributed by atoms with Gasteiger partial charge in [-0.1, -0.05) is 47.7 Å². The van der Waals surface area contributed by atoms with E-state index in [-0.39, 0.29) is 0 Å². The largest absolute Gasteiger partial charge is 0.419 e. The summed E-state index contributed by atoms with van der Waals surface area (Å²) < 4.78 is 7.14. The number of thiophene rings is 1. The first kappa shape index (κ1) is 15.9. The Balaban J connectivity index is 1.48. The molecule has 0 aliphatic carbocycles. The maximum atomic E-state index is 6.13. The Morgan fingerprint density at radius 3 is 2.72 bits per heavy atom. The second-order valence-corrected chi connectivity index (χ2v) is 7.20. The van der Waals surface area contributed by atoms with Crippen LogP contribution in [0.15, 0.2) is 51.4 Å². The summed E-state index contributed by atoms with van der Waals surface area (Å²) in [6.07, 6.45) is 0. The van der Waals surface area contributed by atoms with Crippen LogP contribution in [0.2, 0.25) is 0 Å². The number of nitrogen functional groups attached to an aromatic ring is 1. The van der Waals surface area contributed by atoms with E-state index in [0.717, 1.165) is 10.4 Å². The van der Waals surface area contributed by atoms with Crippen molar-refractivity contribution < 1.29 is 4.42 Å². The highest BCUT2D eigenvalue weighted by atomic mass is 32.2. The lowest BCUT2D eigenvalue weighted by Crippen LogP contribution is -2.11. The van der Waals surface area contributed by atoms with Crippen molar-refractivity contribution in [2.45, 2.75) is 17.8 Å². The Morgan fingerprint density at radius 2 is 1.96 bits per heavy atom. The summed E-state index contributed by atoms with van der Waals surface area (Å²) in [7, 11) is 0. The van der Waals surface area contributed by atoms with Gasteiger partial charge in [-0.05, 0) is 18.4 Å². The number of nitrogens with two attached hydrogens (primary N) is 1. The van der Waals surface area contributed by atoms with Crippen molar-refractivity contribution in [1.29, 1.82) is 0 Å². The summed E-state index contributed by atoms with van der Waals surface area (Å²) >= 11 is 2.96. The van der Waals surface area contributed by atoms with E-state index in [2.05, 4.69) is 20.4 Å². The Kier molecular flexibility index (Phi) is 4.24. The van der Waals surface area contributed by atoms with Crippen LogP contribution in [0.25, 0.3) is 22.2 Å². The molecule has 1 aromatic carbocycles. The Bertz CT molecular complexity index is 975. The summed E-state index contributed by atoms with van der Waals surface area (Å²) in [6, 6.07) is 11.9. The first-order valence-electron chi connectivity index (χ1n) is 7.47. The third kappa shape index (κ3) is 3.28. The smallest absolute Gasteiger partial charge is 0.257 e. The van der Waals surface area contributed by atoms with Crippen molar-refractivity contribution in [3.05, 3.63) is 53.2 Å². The number of aryl methyl sites for hydroxylation is 1. The molecule has 2 N–H and O–H groups in total. The van der Waals surface area contributed by atoms with Crippen molar-refractivity contribution in [3.8, 4) is 22.2 Å². The quantitative estimate of drug-likeness (QED) is 0.425. The normalized spacial score (nSPS) is 11.1. The molecule has 0 aliphatic heterocycles. The molecule has 4 rings (SSSR count). The van der Waals surface area contributed by atoms with E-state index in [9.17, 15) is 0 Å². The molecular weight excluding hydrogens is 356 g/mol. The van der Waals surface area contributed by atoms with Gasteiger partial charge in [0.1, 0.15) is 0 Å². The fourth-order valence-electron chi connectivity index (χ4n) is 2.21. The van der Waals surface area contributed by atoms with E-state index in [0.29, 0.717) is 28.5 Å². The van der Waals surface area contributed by atoms with Crippen molar-refractivity contribution in [1.82, 2.24) is 25.1 Å². The number of hydrogen-bond donors (Lipinski definition) is 1. The van der Waals surface area contributed by atoms with E-state index in [1.54, 1.807) is 11.3 Å². The van der Waals surface area contributed by atoms with Gasteiger partial charge in [0, 0.05) is 5.56 Å². The molecule has 126 valence electrons. The first-order valence-corrected chi connectivity index (χ1v) is 9.34. The maximum absolute atomic E-state index is 6.13. The number of nitrogens with zero attached hydrogens (tertiary/aromatic N) is 5. The predicted octanol–water partition coefficient (Wildman–Crippen LogP) is 3.37. The zero-order chi connectivity index (χ0) is 17.2. The van der Waals surface area contributed by atoms with Crippen molar-refractivity contribution >= 4 is 23.1 Å². The molecule has 25 heavy (non-hydrogen) atoms. The van der Waals surface area contributed by atoms with Gasteiger partial charge in [-0.15, -0.1) is 31.7 Å². The van der Waals surface area contributed by atoms with Crippen molar-refractivity contribution in [2.24, 2.45) is 0 Å². The lowest BCUT2D eigenvalue weighted by molar-refractivity contribution is 0.529. The predicted molar refractivity (Wildman–Crippen MR) is 97.5 cm³/mol.